The number of aromatic hydroxyl groups is 1. The van der Waals surface area contributed by atoms with E-state index in [4.69, 9.17) is 11.6 Å². The molecule has 0 aliphatic heterocycles. The molecule has 110 valence electrons. The van der Waals surface area contributed by atoms with Crippen LogP contribution in [0.3, 0.4) is 0 Å². The van der Waals surface area contributed by atoms with Crippen molar-refractivity contribution in [1.29, 1.82) is 0 Å². The molecule has 2 aromatic rings. The first-order valence-electron chi connectivity index (χ1n) is 6.43. The first-order chi connectivity index (χ1) is 9.99. The van der Waals surface area contributed by atoms with E-state index in [-0.39, 0.29) is 17.5 Å². The molecule has 0 radical (unpaired) electrons. The first kappa shape index (κ1) is 15.3. The molecule has 2 N–H and O–H groups in total. The van der Waals surface area contributed by atoms with Crippen molar-refractivity contribution < 1.29 is 10.0 Å². The van der Waals surface area contributed by atoms with Crippen LogP contribution in [0.4, 0.5) is 5.69 Å². The van der Waals surface area contributed by atoms with E-state index in [0.717, 1.165) is 5.56 Å². The number of nitro groups is 1. The van der Waals surface area contributed by atoms with Crippen molar-refractivity contribution >= 4 is 17.3 Å². The maximum absolute atomic E-state index is 10.8. The predicted molar refractivity (Wildman–Crippen MR) is 81.5 cm³/mol. The summed E-state index contributed by atoms with van der Waals surface area (Å²) in [6.45, 7) is 2.27. The van der Waals surface area contributed by atoms with Crippen LogP contribution < -0.4 is 5.32 Å². The maximum Gasteiger partial charge on any atom is 0.269 e. The van der Waals surface area contributed by atoms with Crippen LogP contribution in [-0.2, 0) is 6.54 Å². The van der Waals surface area contributed by atoms with Gasteiger partial charge in [0.15, 0.2) is 0 Å². The summed E-state index contributed by atoms with van der Waals surface area (Å²) in [7, 11) is 0. The van der Waals surface area contributed by atoms with Crippen LogP contribution in [0.25, 0.3) is 0 Å². The normalized spacial score (nSPS) is 12.1. The van der Waals surface area contributed by atoms with Gasteiger partial charge in [0, 0.05) is 35.3 Å². The lowest BCUT2D eigenvalue weighted by atomic mass is 10.1. The molecule has 2 rings (SSSR count). The maximum atomic E-state index is 10.8. The summed E-state index contributed by atoms with van der Waals surface area (Å²) in [4.78, 5) is 10.4. The summed E-state index contributed by atoms with van der Waals surface area (Å²) >= 11 is 6.04. The molecule has 0 saturated carbocycles. The summed E-state index contributed by atoms with van der Waals surface area (Å²) in [5.74, 6) is 0.126. The average Bonchev–Trinajstić information content (AvgIpc) is 2.46. The molecule has 0 amide bonds. The van der Waals surface area contributed by atoms with Crippen LogP contribution >= 0.6 is 11.6 Å². The van der Waals surface area contributed by atoms with Gasteiger partial charge in [0.2, 0.25) is 0 Å². The van der Waals surface area contributed by atoms with Gasteiger partial charge in [-0.15, -0.1) is 0 Å². The number of hydrogen-bond acceptors (Lipinski definition) is 4. The number of nitrogens with zero attached hydrogens (tertiary/aromatic N) is 1. The zero-order valence-electron chi connectivity index (χ0n) is 11.4. The second-order valence-electron chi connectivity index (χ2n) is 4.69. The highest BCUT2D eigenvalue weighted by molar-refractivity contribution is 6.31. The predicted octanol–water partition coefficient (Wildman–Crippen LogP) is 3.80. The van der Waals surface area contributed by atoms with Gasteiger partial charge in [-0.3, -0.25) is 10.1 Å². The van der Waals surface area contributed by atoms with E-state index in [2.05, 4.69) is 5.32 Å². The zero-order valence-corrected chi connectivity index (χ0v) is 12.2. The fraction of sp³-hybridized carbons (Fsp3) is 0.200. The van der Waals surface area contributed by atoms with Crippen LogP contribution in [0.15, 0.2) is 42.5 Å². The number of phenolic OH excluding ortho intramolecular Hbond substituents is 1. The lowest BCUT2D eigenvalue weighted by Gasteiger charge is -2.15. The van der Waals surface area contributed by atoms with Gasteiger partial charge in [0.1, 0.15) is 5.75 Å². The number of halogens is 1. The Labute approximate surface area is 127 Å². The van der Waals surface area contributed by atoms with E-state index in [1.165, 1.54) is 12.1 Å². The van der Waals surface area contributed by atoms with E-state index in [9.17, 15) is 15.2 Å². The van der Waals surface area contributed by atoms with Crippen LogP contribution in [0, 0.1) is 10.1 Å². The number of hydrogen-bond donors (Lipinski definition) is 2. The van der Waals surface area contributed by atoms with Crippen molar-refractivity contribution in [1.82, 2.24) is 5.32 Å². The largest absolute Gasteiger partial charge is 0.508 e. The molecular formula is C15H15ClN2O3. The molecule has 21 heavy (non-hydrogen) atoms. The molecule has 5 nitrogen and oxygen atoms in total. The van der Waals surface area contributed by atoms with E-state index >= 15 is 0 Å². The lowest BCUT2D eigenvalue weighted by Crippen LogP contribution is -2.18. The molecular weight excluding hydrogens is 292 g/mol. The molecule has 0 aliphatic rings. The SMILES string of the molecule is CC(NCc1c(O)cccc1Cl)c1cccc([N+](=O)[O-])c1. The van der Waals surface area contributed by atoms with Gasteiger partial charge in [0.05, 0.1) is 4.92 Å². The second kappa shape index (κ2) is 6.56. The summed E-state index contributed by atoms with van der Waals surface area (Å²) < 4.78 is 0. The van der Waals surface area contributed by atoms with Crippen LogP contribution in [0.1, 0.15) is 24.1 Å². The van der Waals surface area contributed by atoms with Crippen LogP contribution in [0.2, 0.25) is 5.02 Å². The van der Waals surface area contributed by atoms with Crippen molar-refractivity contribution in [2.24, 2.45) is 0 Å². The third-order valence-corrected chi connectivity index (χ3v) is 3.61. The number of nitro benzene ring substituents is 1. The zero-order chi connectivity index (χ0) is 15.4. The Morgan fingerprint density at radius 2 is 2.05 bits per heavy atom. The number of non-ortho nitro benzene ring substituents is 1. The summed E-state index contributed by atoms with van der Waals surface area (Å²) in [6.07, 6.45) is 0. The highest BCUT2D eigenvalue weighted by Crippen LogP contribution is 2.26. The van der Waals surface area contributed by atoms with Crippen LogP contribution in [0.5, 0.6) is 5.75 Å². The number of nitrogens with one attached hydrogen (secondary N) is 1. The van der Waals surface area contributed by atoms with Crippen molar-refractivity contribution in [3.63, 3.8) is 0 Å². The molecule has 2 aromatic carbocycles. The lowest BCUT2D eigenvalue weighted by molar-refractivity contribution is -0.384. The Balaban J connectivity index is 2.10. The molecule has 0 heterocycles. The molecule has 0 bridgehead atoms. The van der Waals surface area contributed by atoms with Gasteiger partial charge in [-0.25, -0.2) is 0 Å². The molecule has 0 spiro atoms. The van der Waals surface area contributed by atoms with Gasteiger partial charge in [-0.2, -0.15) is 0 Å². The van der Waals surface area contributed by atoms with Gasteiger partial charge < -0.3 is 10.4 Å². The van der Waals surface area contributed by atoms with E-state index in [1.54, 1.807) is 24.3 Å². The molecule has 1 unspecified atom stereocenters. The Hall–Kier alpha value is -2.11. The number of phenols is 1. The fourth-order valence-electron chi connectivity index (χ4n) is 2.00. The average molecular weight is 307 g/mol. The Morgan fingerprint density at radius 3 is 2.71 bits per heavy atom. The Kier molecular flexibility index (Phi) is 4.77. The van der Waals surface area contributed by atoms with Gasteiger partial charge in [0.25, 0.3) is 5.69 Å². The van der Waals surface area contributed by atoms with E-state index < -0.39 is 4.92 Å². The highest BCUT2D eigenvalue weighted by Gasteiger charge is 2.12. The Morgan fingerprint density at radius 1 is 1.33 bits per heavy atom. The fourth-order valence-corrected chi connectivity index (χ4v) is 2.24. The molecule has 0 fully saturated rings. The van der Waals surface area contributed by atoms with Crippen molar-refractivity contribution in [2.75, 3.05) is 0 Å². The standard InChI is InChI=1S/C15H15ClN2O3/c1-10(11-4-2-5-12(8-11)18(20)21)17-9-13-14(16)6-3-7-15(13)19/h2-8,10,17,19H,9H2,1H3. The highest BCUT2D eigenvalue weighted by atomic mass is 35.5. The summed E-state index contributed by atoms with van der Waals surface area (Å²) in [6, 6.07) is 11.3. The van der Waals surface area contributed by atoms with Crippen molar-refractivity contribution in [2.45, 2.75) is 19.5 Å². The van der Waals surface area contributed by atoms with Crippen molar-refractivity contribution in [3.8, 4) is 5.75 Å². The molecule has 6 heteroatoms. The minimum absolute atomic E-state index is 0.0572. The third-order valence-electron chi connectivity index (χ3n) is 3.26. The number of rotatable bonds is 5. The third kappa shape index (κ3) is 3.71. The minimum atomic E-state index is -0.421. The van der Waals surface area contributed by atoms with Crippen molar-refractivity contribution in [3.05, 3.63) is 68.7 Å². The molecule has 0 aromatic heterocycles. The first-order valence-corrected chi connectivity index (χ1v) is 6.81. The quantitative estimate of drug-likeness (QED) is 0.650. The molecule has 1 atom stereocenters. The van der Waals surface area contributed by atoms with Gasteiger partial charge in [-0.1, -0.05) is 29.8 Å². The van der Waals surface area contributed by atoms with Crippen LogP contribution in [-0.4, -0.2) is 10.0 Å². The summed E-state index contributed by atoms with van der Waals surface area (Å²) in [5.41, 5.74) is 1.47. The van der Waals surface area contributed by atoms with Gasteiger partial charge >= 0.3 is 0 Å². The number of benzene rings is 2. The minimum Gasteiger partial charge on any atom is -0.508 e. The molecule has 0 saturated heterocycles. The monoisotopic (exact) mass is 306 g/mol. The summed E-state index contributed by atoms with van der Waals surface area (Å²) in [5, 5.41) is 24.2. The molecule has 0 aliphatic carbocycles. The second-order valence-corrected chi connectivity index (χ2v) is 5.10. The topological polar surface area (TPSA) is 75.4 Å². The van der Waals surface area contributed by atoms with E-state index in [0.29, 0.717) is 17.1 Å². The van der Waals surface area contributed by atoms with Gasteiger partial charge in [-0.05, 0) is 24.6 Å². The van der Waals surface area contributed by atoms with E-state index in [1.807, 2.05) is 13.0 Å². The smallest absolute Gasteiger partial charge is 0.269 e. The Bertz CT molecular complexity index is 641.